The number of nitrogen functional groups attached to an aromatic ring is 1. The van der Waals surface area contributed by atoms with E-state index in [-0.39, 0.29) is 11.9 Å². The lowest BCUT2D eigenvalue weighted by Gasteiger charge is -2.12. The molecule has 0 aliphatic carbocycles. The van der Waals surface area contributed by atoms with Crippen molar-refractivity contribution in [2.24, 2.45) is 0 Å². The van der Waals surface area contributed by atoms with E-state index in [0.717, 1.165) is 10.9 Å². The fraction of sp³-hybridized carbons (Fsp3) is 0.364. The van der Waals surface area contributed by atoms with Crippen LogP contribution in [0.15, 0.2) is 22.7 Å². The Morgan fingerprint density at radius 2 is 2.27 bits per heavy atom. The quantitative estimate of drug-likeness (QED) is 0.830. The molecule has 1 atom stereocenters. The van der Waals surface area contributed by atoms with Gasteiger partial charge < -0.3 is 11.1 Å². The van der Waals surface area contributed by atoms with E-state index in [1.807, 2.05) is 13.8 Å². The number of nitrogens with two attached hydrogens (primary N) is 1. The minimum absolute atomic E-state index is 0.0940. The van der Waals surface area contributed by atoms with Crippen LogP contribution in [0, 0.1) is 0 Å². The Morgan fingerprint density at radius 1 is 1.60 bits per heavy atom. The first kappa shape index (κ1) is 12.0. The maximum absolute atomic E-state index is 11.8. The summed E-state index contributed by atoms with van der Waals surface area (Å²) in [4.78, 5) is 11.8. The van der Waals surface area contributed by atoms with Gasteiger partial charge in [-0.3, -0.25) is 4.79 Å². The molecule has 0 aliphatic heterocycles. The lowest BCUT2D eigenvalue weighted by molar-refractivity contribution is 0.0938. The van der Waals surface area contributed by atoms with E-state index in [1.165, 1.54) is 0 Å². The number of halogens is 1. The Balaban J connectivity index is 2.86. The second-order valence-corrected chi connectivity index (χ2v) is 4.38. The normalized spacial score (nSPS) is 12.2. The molecule has 0 saturated carbocycles. The fourth-order valence-electron chi connectivity index (χ4n) is 1.12. The van der Waals surface area contributed by atoms with Crippen molar-refractivity contribution in [3.05, 3.63) is 28.2 Å². The molecule has 3 N–H and O–H groups in total. The summed E-state index contributed by atoms with van der Waals surface area (Å²) in [6.45, 7) is 4.00. The third-order valence-electron chi connectivity index (χ3n) is 2.22. The van der Waals surface area contributed by atoms with Gasteiger partial charge in [0.25, 0.3) is 5.91 Å². The zero-order valence-corrected chi connectivity index (χ0v) is 10.5. The van der Waals surface area contributed by atoms with E-state index in [4.69, 9.17) is 5.73 Å². The van der Waals surface area contributed by atoms with E-state index in [0.29, 0.717) is 11.3 Å². The van der Waals surface area contributed by atoms with Crippen molar-refractivity contribution >= 4 is 27.5 Å². The van der Waals surface area contributed by atoms with Gasteiger partial charge in [-0.15, -0.1) is 0 Å². The lowest BCUT2D eigenvalue weighted by atomic mass is 10.1. The first-order valence-electron chi connectivity index (χ1n) is 4.90. The molecule has 0 aromatic heterocycles. The number of hydrogen-bond donors (Lipinski definition) is 2. The molecule has 1 aromatic rings. The molecule has 0 bridgehead atoms. The van der Waals surface area contributed by atoms with Crippen LogP contribution < -0.4 is 11.1 Å². The summed E-state index contributed by atoms with van der Waals surface area (Å²) >= 11 is 3.33. The topological polar surface area (TPSA) is 55.1 Å². The Kier molecular flexibility index (Phi) is 4.15. The Hall–Kier alpha value is -1.03. The molecular formula is C11H15BrN2O. The van der Waals surface area contributed by atoms with Crippen molar-refractivity contribution in [1.29, 1.82) is 0 Å². The van der Waals surface area contributed by atoms with Crippen LogP contribution in [0.3, 0.4) is 0 Å². The van der Waals surface area contributed by atoms with Crippen LogP contribution in [0.2, 0.25) is 0 Å². The van der Waals surface area contributed by atoms with Gasteiger partial charge in [-0.05, 0) is 47.5 Å². The number of anilines is 1. The van der Waals surface area contributed by atoms with Gasteiger partial charge >= 0.3 is 0 Å². The van der Waals surface area contributed by atoms with Crippen LogP contribution in [0.4, 0.5) is 5.69 Å². The van der Waals surface area contributed by atoms with Crippen LogP contribution >= 0.6 is 15.9 Å². The predicted octanol–water partition coefficient (Wildman–Crippen LogP) is 2.56. The molecular weight excluding hydrogens is 256 g/mol. The predicted molar refractivity (Wildman–Crippen MR) is 65.8 cm³/mol. The Bertz CT molecular complexity index is 366. The molecule has 3 nitrogen and oxygen atoms in total. The van der Waals surface area contributed by atoms with Gasteiger partial charge in [0.15, 0.2) is 0 Å². The molecule has 15 heavy (non-hydrogen) atoms. The van der Waals surface area contributed by atoms with Crippen LogP contribution in [-0.2, 0) is 0 Å². The molecule has 0 aliphatic rings. The molecule has 0 spiro atoms. The minimum Gasteiger partial charge on any atom is -0.399 e. The number of nitrogens with one attached hydrogen (secondary N) is 1. The van der Waals surface area contributed by atoms with Gasteiger partial charge in [0, 0.05) is 16.2 Å². The lowest BCUT2D eigenvalue weighted by Crippen LogP contribution is -2.32. The number of carbonyl (C=O) groups is 1. The highest BCUT2D eigenvalue weighted by atomic mass is 79.9. The zero-order valence-electron chi connectivity index (χ0n) is 8.88. The summed E-state index contributed by atoms with van der Waals surface area (Å²) in [5, 5.41) is 2.89. The van der Waals surface area contributed by atoms with E-state index < -0.39 is 0 Å². The van der Waals surface area contributed by atoms with Crippen molar-refractivity contribution in [2.45, 2.75) is 26.3 Å². The van der Waals surface area contributed by atoms with Crippen LogP contribution in [-0.4, -0.2) is 11.9 Å². The summed E-state index contributed by atoms with van der Waals surface area (Å²) in [7, 11) is 0. The zero-order chi connectivity index (χ0) is 11.4. The molecule has 1 aromatic carbocycles. The highest BCUT2D eigenvalue weighted by Crippen LogP contribution is 2.19. The van der Waals surface area contributed by atoms with E-state index in [1.54, 1.807) is 18.2 Å². The molecule has 4 heteroatoms. The molecule has 1 amide bonds. The largest absolute Gasteiger partial charge is 0.399 e. The Labute approximate surface area is 98.2 Å². The second-order valence-electron chi connectivity index (χ2n) is 3.52. The molecule has 0 saturated heterocycles. The van der Waals surface area contributed by atoms with Gasteiger partial charge in [-0.1, -0.05) is 6.92 Å². The summed E-state index contributed by atoms with van der Waals surface area (Å²) in [6.07, 6.45) is 0.908. The van der Waals surface area contributed by atoms with Crippen molar-refractivity contribution in [3.8, 4) is 0 Å². The van der Waals surface area contributed by atoms with Gasteiger partial charge in [0.2, 0.25) is 0 Å². The number of benzene rings is 1. The van der Waals surface area contributed by atoms with Crippen molar-refractivity contribution in [1.82, 2.24) is 5.32 Å². The van der Waals surface area contributed by atoms with Crippen molar-refractivity contribution < 1.29 is 4.79 Å². The Morgan fingerprint density at radius 3 is 2.87 bits per heavy atom. The molecule has 0 fully saturated rings. The minimum atomic E-state index is -0.0940. The van der Waals surface area contributed by atoms with E-state index >= 15 is 0 Å². The number of carbonyl (C=O) groups excluding carboxylic acids is 1. The third-order valence-corrected chi connectivity index (χ3v) is 2.92. The summed E-state index contributed by atoms with van der Waals surface area (Å²) in [6, 6.07) is 5.37. The van der Waals surface area contributed by atoms with Crippen molar-refractivity contribution in [3.63, 3.8) is 0 Å². The van der Waals surface area contributed by atoms with Gasteiger partial charge in [-0.25, -0.2) is 0 Å². The van der Waals surface area contributed by atoms with Gasteiger partial charge in [-0.2, -0.15) is 0 Å². The fourth-order valence-corrected chi connectivity index (χ4v) is 1.55. The SMILES string of the molecule is CCC(C)NC(=O)c1cc(N)ccc1Br. The van der Waals surface area contributed by atoms with Crippen LogP contribution in [0.1, 0.15) is 30.6 Å². The highest BCUT2D eigenvalue weighted by Gasteiger charge is 2.11. The maximum Gasteiger partial charge on any atom is 0.252 e. The molecule has 0 heterocycles. The second kappa shape index (κ2) is 5.16. The monoisotopic (exact) mass is 270 g/mol. The molecule has 1 unspecified atom stereocenters. The van der Waals surface area contributed by atoms with E-state index in [2.05, 4.69) is 21.2 Å². The molecule has 0 radical (unpaired) electrons. The van der Waals surface area contributed by atoms with Crippen LogP contribution in [0.25, 0.3) is 0 Å². The van der Waals surface area contributed by atoms with Crippen molar-refractivity contribution in [2.75, 3.05) is 5.73 Å². The number of rotatable bonds is 3. The summed E-state index contributed by atoms with van der Waals surface area (Å²) in [5.74, 6) is -0.0940. The molecule has 82 valence electrons. The van der Waals surface area contributed by atoms with Crippen LogP contribution in [0.5, 0.6) is 0 Å². The summed E-state index contributed by atoms with van der Waals surface area (Å²) in [5.41, 5.74) is 6.80. The average molecular weight is 271 g/mol. The number of amides is 1. The smallest absolute Gasteiger partial charge is 0.252 e. The molecule has 1 rings (SSSR count). The van der Waals surface area contributed by atoms with Gasteiger partial charge in [0.1, 0.15) is 0 Å². The van der Waals surface area contributed by atoms with Gasteiger partial charge in [0.05, 0.1) is 5.56 Å². The highest BCUT2D eigenvalue weighted by molar-refractivity contribution is 9.10. The van der Waals surface area contributed by atoms with E-state index in [9.17, 15) is 4.79 Å². The summed E-state index contributed by atoms with van der Waals surface area (Å²) < 4.78 is 0.762. The first-order chi connectivity index (χ1) is 7.04. The third kappa shape index (κ3) is 3.23. The maximum atomic E-state index is 11.8. The first-order valence-corrected chi connectivity index (χ1v) is 5.69. The standard InChI is InChI=1S/C11H15BrN2O/c1-3-7(2)14-11(15)9-6-8(13)4-5-10(9)12/h4-7H,3,13H2,1-2H3,(H,14,15). The average Bonchev–Trinajstić information content (AvgIpc) is 2.21. The number of hydrogen-bond acceptors (Lipinski definition) is 2.